The van der Waals surface area contributed by atoms with E-state index in [0.717, 1.165) is 12.1 Å². The first kappa shape index (κ1) is 11.9. The SMILES string of the molecule is CC(C)C(N)Cc1cnn(-c2ccccc2)c1. The molecule has 0 radical (unpaired) electrons. The molecule has 0 fully saturated rings. The molecule has 0 saturated carbocycles. The Morgan fingerprint density at radius 1 is 1.24 bits per heavy atom. The fourth-order valence-corrected chi connectivity index (χ4v) is 1.70. The van der Waals surface area contributed by atoms with E-state index >= 15 is 0 Å². The van der Waals surface area contributed by atoms with Crippen molar-refractivity contribution < 1.29 is 0 Å². The predicted octanol–water partition coefficient (Wildman–Crippen LogP) is 2.40. The van der Waals surface area contributed by atoms with Crippen LogP contribution in [0, 0.1) is 5.92 Å². The molecule has 2 rings (SSSR count). The fraction of sp³-hybridized carbons (Fsp3) is 0.357. The Bertz CT molecular complexity index is 459. The zero-order valence-corrected chi connectivity index (χ0v) is 10.4. The summed E-state index contributed by atoms with van der Waals surface area (Å²) in [5.41, 5.74) is 8.33. The van der Waals surface area contributed by atoms with Crippen molar-refractivity contribution in [1.29, 1.82) is 0 Å². The maximum atomic E-state index is 6.06. The third-order valence-corrected chi connectivity index (χ3v) is 2.98. The van der Waals surface area contributed by atoms with Crippen molar-refractivity contribution in [2.75, 3.05) is 0 Å². The molecule has 17 heavy (non-hydrogen) atoms. The maximum absolute atomic E-state index is 6.06. The average Bonchev–Trinajstić information content (AvgIpc) is 2.78. The van der Waals surface area contributed by atoms with Gasteiger partial charge in [0.2, 0.25) is 0 Å². The molecule has 0 spiro atoms. The molecule has 0 aliphatic carbocycles. The van der Waals surface area contributed by atoms with Crippen molar-refractivity contribution in [2.24, 2.45) is 11.7 Å². The molecule has 0 bridgehead atoms. The van der Waals surface area contributed by atoms with Crippen LogP contribution >= 0.6 is 0 Å². The van der Waals surface area contributed by atoms with Gasteiger partial charge in [-0.1, -0.05) is 32.0 Å². The van der Waals surface area contributed by atoms with Crippen LogP contribution in [0.5, 0.6) is 0 Å². The molecule has 1 atom stereocenters. The molecule has 1 unspecified atom stereocenters. The monoisotopic (exact) mass is 229 g/mol. The maximum Gasteiger partial charge on any atom is 0.0645 e. The van der Waals surface area contributed by atoms with E-state index in [1.54, 1.807) is 0 Å². The van der Waals surface area contributed by atoms with E-state index in [1.807, 2.05) is 41.2 Å². The number of nitrogens with zero attached hydrogens (tertiary/aromatic N) is 2. The lowest BCUT2D eigenvalue weighted by Crippen LogP contribution is -2.28. The summed E-state index contributed by atoms with van der Waals surface area (Å²) in [6.45, 7) is 4.29. The standard InChI is InChI=1S/C14H19N3/c1-11(2)14(15)8-12-9-16-17(10-12)13-6-4-3-5-7-13/h3-7,9-11,14H,8,15H2,1-2H3. The molecule has 2 N–H and O–H groups in total. The van der Waals surface area contributed by atoms with Crippen molar-refractivity contribution in [3.63, 3.8) is 0 Å². The van der Waals surface area contributed by atoms with Gasteiger partial charge in [-0.3, -0.25) is 0 Å². The molecule has 90 valence electrons. The van der Waals surface area contributed by atoms with E-state index in [2.05, 4.69) is 25.1 Å². The lowest BCUT2D eigenvalue weighted by atomic mass is 9.99. The number of para-hydroxylation sites is 1. The summed E-state index contributed by atoms with van der Waals surface area (Å²) in [6.07, 6.45) is 4.83. The molecular weight excluding hydrogens is 210 g/mol. The van der Waals surface area contributed by atoms with Gasteiger partial charge in [0.05, 0.1) is 11.9 Å². The Labute approximate surface area is 102 Å². The molecule has 1 heterocycles. The van der Waals surface area contributed by atoms with Crippen LogP contribution in [-0.4, -0.2) is 15.8 Å². The molecule has 0 aliphatic heterocycles. The van der Waals surface area contributed by atoms with Crippen molar-refractivity contribution in [1.82, 2.24) is 9.78 Å². The van der Waals surface area contributed by atoms with Crippen LogP contribution in [0.25, 0.3) is 5.69 Å². The van der Waals surface area contributed by atoms with Gasteiger partial charge in [0.1, 0.15) is 0 Å². The number of benzene rings is 1. The van der Waals surface area contributed by atoms with Crippen LogP contribution in [0.15, 0.2) is 42.7 Å². The van der Waals surface area contributed by atoms with E-state index in [9.17, 15) is 0 Å². The second-order valence-electron chi connectivity index (χ2n) is 4.74. The highest BCUT2D eigenvalue weighted by Crippen LogP contribution is 2.11. The molecule has 3 heteroatoms. The van der Waals surface area contributed by atoms with Gasteiger partial charge in [-0.05, 0) is 30.0 Å². The van der Waals surface area contributed by atoms with Crippen LogP contribution in [0.1, 0.15) is 19.4 Å². The van der Waals surface area contributed by atoms with Crippen molar-refractivity contribution in [3.05, 3.63) is 48.3 Å². The van der Waals surface area contributed by atoms with Gasteiger partial charge in [-0.2, -0.15) is 5.10 Å². The van der Waals surface area contributed by atoms with Crippen LogP contribution in [0.4, 0.5) is 0 Å². The minimum absolute atomic E-state index is 0.198. The lowest BCUT2D eigenvalue weighted by molar-refractivity contribution is 0.490. The van der Waals surface area contributed by atoms with Crippen LogP contribution < -0.4 is 5.73 Å². The van der Waals surface area contributed by atoms with Crippen molar-refractivity contribution >= 4 is 0 Å². The van der Waals surface area contributed by atoms with Gasteiger partial charge in [0, 0.05) is 12.2 Å². The second kappa shape index (κ2) is 5.15. The number of aromatic nitrogens is 2. The van der Waals surface area contributed by atoms with Gasteiger partial charge < -0.3 is 5.73 Å². The summed E-state index contributed by atoms with van der Waals surface area (Å²) in [5.74, 6) is 0.495. The number of nitrogens with two attached hydrogens (primary N) is 1. The summed E-state index contributed by atoms with van der Waals surface area (Å²) in [7, 11) is 0. The molecule has 3 nitrogen and oxygen atoms in total. The molecule has 0 saturated heterocycles. The molecular formula is C14H19N3. The average molecular weight is 229 g/mol. The molecule has 0 aliphatic rings. The summed E-state index contributed by atoms with van der Waals surface area (Å²) in [5, 5.41) is 4.36. The topological polar surface area (TPSA) is 43.8 Å². The van der Waals surface area contributed by atoms with Gasteiger partial charge in [0.25, 0.3) is 0 Å². The van der Waals surface area contributed by atoms with E-state index < -0.39 is 0 Å². The Morgan fingerprint density at radius 3 is 2.59 bits per heavy atom. The molecule has 0 amide bonds. The third kappa shape index (κ3) is 2.94. The summed E-state index contributed by atoms with van der Waals surface area (Å²) in [4.78, 5) is 0. The Hall–Kier alpha value is -1.61. The lowest BCUT2D eigenvalue weighted by Gasteiger charge is -2.13. The van der Waals surface area contributed by atoms with Gasteiger partial charge in [-0.25, -0.2) is 4.68 Å². The van der Waals surface area contributed by atoms with E-state index in [4.69, 9.17) is 5.73 Å². The Kier molecular flexibility index (Phi) is 3.59. The largest absolute Gasteiger partial charge is 0.327 e. The number of hydrogen-bond acceptors (Lipinski definition) is 2. The van der Waals surface area contributed by atoms with Crippen molar-refractivity contribution in [2.45, 2.75) is 26.3 Å². The van der Waals surface area contributed by atoms with E-state index in [0.29, 0.717) is 5.92 Å². The summed E-state index contributed by atoms with van der Waals surface area (Å²) >= 11 is 0. The number of rotatable bonds is 4. The molecule has 1 aromatic heterocycles. The highest BCUT2D eigenvalue weighted by molar-refractivity contribution is 5.31. The van der Waals surface area contributed by atoms with Gasteiger partial charge in [-0.15, -0.1) is 0 Å². The van der Waals surface area contributed by atoms with Crippen LogP contribution in [0.2, 0.25) is 0 Å². The summed E-state index contributed by atoms with van der Waals surface area (Å²) in [6, 6.07) is 10.3. The first-order valence-corrected chi connectivity index (χ1v) is 6.01. The smallest absolute Gasteiger partial charge is 0.0645 e. The first-order chi connectivity index (χ1) is 8.16. The summed E-state index contributed by atoms with van der Waals surface area (Å²) < 4.78 is 1.89. The Balaban J connectivity index is 2.12. The van der Waals surface area contributed by atoms with E-state index in [-0.39, 0.29) is 6.04 Å². The third-order valence-electron chi connectivity index (χ3n) is 2.98. The highest BCUT2D eigenvalue weighted by atomic mass is 15.3. The molecule has 2 aromatic rings. The fourth-order valence-electron chi connectivity index (χ4n) is 1.70. The predicted molar refractivity (Wildman–Crippen MR) is 70.1 cm³/mol. The zero-order valence-electron chi connectivity index (χ0n) is 10.4. The minimum Gasteiger partial charge on any atom is -0.327 e. The van der Waals surface area contributed by atoms with Gasteiger partial charge >= 0.3 is 0 Å². The highest BCUT2D eigenvalue weighted by Gasteiger charge is 2.10. The minimum atomic E-state index is 0.198. The van der Waals surface area contributed by atoms with Crippen LogP contribution in [-0.2, 0) is 6.42 Å². The second-order valence-corrected chi connectivity index (χ2v) is 4.74. The first-order valence-electron chi connectivity index (χ1n) is 6.01. The van der Waals surface area contributed by atoms with Gasteiger partial charge in [0.15, 0.2) is 0 Å². The Morgan fingerprint density at radius 2 is 1.94 bits per heavy atom. The quantitative estimate of drug-likeness (QED) is 0.875. The van der Waals surface area contributed by atoms with Crippen LogP contribution in [0.3, 0.4) is 0 Å². The van der Waals surface area contributed by atoms with Crippen molar-refractivity contribution in [3.8, 4) is 5.69 Å². The molecule has 1 aromatic carbocycles. The zero-order chi connectivity index (χ0) is 12.3. The van der Waals surface area contributed by atoms with E-state index in [1.165, 1.54) is 5.56 Å². The normalized spacial score (nSPS) is 12.9. The number of hydrogen-bond donors (Lipinski definition) is 1.